The fraction of sp³-hybridized carbons (Fsp3) is 0.267. The number of aryl methyl sites for hydroxylation is 1. The Balaban J connectivity index is 2.49. The quantitative estimate of drug-likeness (QED) is 0.919. The summed E-state index contributed by atoms with van der Waals surface area (Å²) in [7, 11) is 3.28. The van der Waals surface area contributed by atoms with Gasteiger partial charge in [0.05, 0.1) is 12.7 Å². The number of carbonyl (C=O) groups is 1. The number of ether oxygens (including phenoxy) is 1. The molecule has 0 aliphatic heterocycles. The fourth-order valence-corrected chi connectivity index (χ4v) is 2.26. The van der Waals surface area contributed by atoms with Crippen molar-refractivity contribution in [2.75, 3.05) is 14.2 Å². The smallest absolute Gasteiger partial charge is 0.252 e. The Labute approximate surface area is 113 Å². The first kappa shape index (κ1) is 13.2. The van der Waals surface area contributed by atoms with Crippen LogP contribution in [0.2, 0.25) is 0 Å². The Morgan fingerprint density at radius 2 is 1.84 bits per heavy atom. The van der Waals surface area contributed by atoms with Crippen LogP contribution in [0, 0.1) is 13.8 Å². The summed E-state index contributed by atoms with van der Waals surface area (Å²) in [6.45, 7) is 3.94. The lowest BCUT2D eigenvalue weighted by Crippen LogP contribution is -2.18. The predicted molar refractivity (Wildman–Crippen MR) is 75.2 cm³/mol. The molecule has 4 nitrogen and oxygen atoms in total. The molecule has 4 heteroatoms. The van der Waals surface area contributed by atoms with Crippen LogP contribution in [0.25, 0.3) is 5.69 Å². The van der Waals surface area contributed by atoms with E-state index >= 15 is 0 Å². The molecule has 1 N–H and O–H groups in total. The van der Waals surface area contributed by atoms with Gasteiger partial charge >= 0.3 is 0 Å². The normalized spacial score (nSPS) is 10.3. The second-order valence-corrected chi connectivity index (χ2v) is 4.40. The highest BCUT2D eigenvalue weighted by atomic mass is 16.5. The molecule has 0 aliphatic carbocycles. The Morgan fingerprint density at radius 3 is 2.37 bits per heavy atom. The molecule has 0 aliphatic rings. The summed E-state index contributed by atoms with van der Waals surface area (Å²) in [5, 5.41) is 2.66. The number of benzene rings is 1. The molecule has 0 bridgehead atoms. The number of hydrogen-bond donors (Lipinski definition) is 1. The number of carbonyl (C=O) groups excluding carboxylic acids is 1. The van der Waals surface area contributed by atoms with Gasteiger partial charge in [0.25, 0.3) is 5.91 Å². The molecule has 0 fully saturated rings. The van der Waals surface area contributed by atoms with E-state index in [-0.39, 0.29) is 5.91 Å². The molecule has 0 atom stereocenters. The van der Waals surface area contributed by atoms with Crippen molar-refractivity contribution in [3.05, 3.63) is 47.3 Å². The van der Waals surface area contributed by atoms with Crippen LogP contribution < -0.4 is 10.1 Å². The molecule has 1 aromatic heterocycles. The molecule has 1 aromatic carbocycles. The third-order valence-electron chi connectivity index (χ3n) is 3.23. The van der Waals surface area contributed by atoms with E-state index < -0.39 is 0 Å². The number of amides is 1. The second-order valence-electron chi connectivity index (χ2n) is 4.40. The van der Waals surface area contributed by atoms with Gasteiger partial charge in [-0.3, -0.25) is 4.79 Å². The Bertz CT molecular complexity index is 597. The van der Waals surface area contributed by atoms with E-state index in [4.69, 9.17) is 4.74 Å². The van der Waals surface area contributed by atoms with E-state index in [0.717, 1.165) is 22.8 Å². The molecule has 0 unspecified atom stereocenters. The predicted octanol–water partition coefficient (Wildman–Crippen LogP) is 2.46. The van der Waals surface area contributed by atoms with Crippen LogP contribution in [0.4, 0.5) is 0 Å². The molecule has 0 radical (unpaired) electrons. The summed E-state index contributed by atoms with van der Waals surface area (Å²) in [6, 6.07) is 9.68. The third-order valence-corrected chi connectivity index (χ3v) is 3.23. The first-order valence-corrected chi connectivity index (χ1v) is 6.14. The SMILES string of the molecule is CNC(=O)c1cc(C)n(-c2ccc(OC)cc2)c1C. The van der Waals surface area contributed by atoms with Crippen molar-refractivity contribution in [3.63, 3.8) is 0 Å². The summed E-state index contributed by atoms with van der Waals surface area (Å²) >= 11 is 0. The van der Waals surface area contributed by atoms with E-state index in [1.165, 1.54) is 0 Å². The lowest BCUT2D eigenvalue weighted by atomic mass is 10.2. The highest BCUT2D eigenvalue weighted by Crippen LogP contribution is 2.22. The van der Waals surface area contributed by atoms with Crippen LogP contribution in [0.3, 0.4) is 0 Å². The number of methoxy groups -OCH3 is 1. The average molecular weight is 258 g/mol. The minimum Gasteiger partial charge on any atom is -0.497 e. The van der Waals surface area contributed by atoms with Crippen molar-refractivity contribution in [2.24, 2.45) is 0 Å². The van der Waals surface area contributed by atoms with Gasteiger partial charge in [0.2, 0.25) is 0 Å². The molecule has 0 saturated carbocycles. The van der Waals surface area contributed by atoms with Crippen molar-refractivity contribution in [2.45, 2.75) is 13.8 Å². The van der Waals surface area contributed by atoms with Crippen LogP contribution in [0.15, 0.2) is 30.3 Å². The van der Waals surface area contributed by atoms with Crippen molar-refractivity contribution < 1.29 is 9.53 Å². The Kier molecular flexibility index (Phi) is 3.60. The number of hydrogen-bond acceptors (Lipinski definition) is 2. The molecule has 0 saturated heterocycles. The van der Waals surface area contributed by atoms with Gasteiger partial charge < -0.3 is 14.6 Å². The van der Waals surface area contributed by atoms with Gasteiger partial charge in [-0.05, 0) is 44.2 Å². The van der Waals surface area contributed by atoms with Crippen LogP contribution in [-0.2, 0) is 0 Å². The maximum absolute atomic E-state index is 11.8. The summed E-state index contributed by atoms with van der Waals surface area (Å²) in [5.41, 5.74) is 3.69. The van der Waals surface area contributed by atoms with Gasteiger partial charge in [0, 0.05) is 24.1 Å². The van der Waals surface area contributed by atoms with E-state index in [1.54, 1.807) is 14.2 Å². The van der Waals surface area contributed by atoms with Crippen LogP contribution in [0.5, 0.6) is 5.75 Å². The number of nitrogens with zero attached hydrogens (tertiary/aromatic N) is 1. The standard InChI is InChI=1S/C15H18N2O2/c1-10-9-14(15(18)16-3)11(2)17(10)12-5-7-13(19-4)8-6-12/h5-9H,1-4H3,(H,16,18). The van der Waals surface area contributed by atoms with Gasteiger partial charge in [-0.15, -0.1) is 0 Å². The van der Waals surface area contributed by atoms with Gasteiger partial charge in [0.1, 0.15) is 5.75 Å². The summed E-state index contributed by atoms with van der Waals surface area (Å²) in [6.07, 6.45) is 0. The second kappa shape index (κ2) is 5.18. The van der Waals surface area contributed by atoms with Crippen LogP contribution in [0.1, 0.15) is 21.7 Å². The molecular weight excluding hydrogens is 240 g/mol. The molecule has 19 heavy (non-hydrogen) atoms. The van der Waals surface area contributed by atoms with Crippen molar-refractivity contribution in [3.8, 4) is 11.4 Å². The topological polar surface area (TPSA) is 43.3 Å². The maximum atomic E-state index is 11.8. The summed E-state index contributed by atoms with van der Waals surface area (Å²) in [4.78, 5) is 11.8. The van der Waals surface area contributed by atoms with Gasteiger partial charge in [0.15, 0.2) is 0 Å². The summed E-state index contributed by atoms with van der Waals surface area (Å²) in [5.74, 6) is 0.755. The third kappa shape index (κ3) is 2.34. The first-order valence-electron chi connectivity index (χ1n) is 6.14. The van der Waals surface area contributed by atoms with Gasteiger partial charge in [-0.25, -0.2) is 0 Å². The Hall–Kier alpha value is -2.23. The van der Waals surface area contributed by atoms with Crippen LogP contribution in [-0.4, -0.2) is 24.6 Å². The highest BCUT2D eigenvalue weighted by molar-refractivity contribution is 5.95. The zero-order valence-corrected chi connectivity index (χ0v) is 11.7. The number of aromatic nitrogens is 1. The van der Waals surface area contributed by atoms with Gasteiger partial charge in [-0.2, -0.15) is 0 Å². The molecule has 1 amide bonds. The Morgan fingerprint density at radius 1 is 1.21 bits per heavy atom. The van der Waals surface area contributed by atoms with Crippen molar-refractivity contribution in [1.82, 2.24) is 9.88 Å². The van der Waals surface area contributed by atoms with E-state index in [9.17, 15) is 4.79 Å². The van der Waals surface area contributed by atoms with E-state index in [0.29, 0.717) is 5.56 Å². The van der Waals surface area contributed by atoms with Crippen LogP contribution >= 0.6 is 0 Å². The van der Waals surface area contributed by atoms with E-state index in [2.05, 4.69) is 9.88 Å². The minimum atomic E-state index is -0.0622. The number of nitrogens with one attached hydrogen (secondary N) is 1. The zero-order valence-electron chi connectivity index (χ0n) is 11.7. The first-order chi connectivity index (χ1) is 9.08. The monoisotopic (exact) mass is 258 g/mol. The molecule has 2 rings (SSSR count). The lowest BCUT2D eigenvalue weighted by molar-refractivity contribution is 0.0962. The molecule has 2 aromatic rings. The molecule has 100 valence electrons. The summed E-state index contributed by atoms with van der Waals surface area (Å²) < 4.78 is 7.21. The molecular formula is C15H18N2O2. The molecule has 1 heterocycles. The van der Waals surface area contributed by atoms with Gasteiger partial charge in [-0.1, -0.05) is 0 Å². The highest BCUT2D eigenvalue weighted by Gasteiger charge is 2.15. The minimum absolute atomic E-state index is 0.0622. The largest absolute Gasteiger partial charge is 0.497 e. The lowest BCUT2D eigenvalue weighted by Gasteiger charge is -2.10. The zero-order chi connectivity index (χ0) is 14.0. The van der Waals surface area contributed by atoms with E-state index in [1.807, 2.05) is 44.2 Å². The number of rotatable bonds is 3. The average Bonchev–Trinajstić information content (AvgIpc) is 2.73. The fourth-order valence-electron chi connectivity index (χ4n) is 2.26. The van der Waals surface area contributed by atoms with Crippen molar-refractivity contribution in [1.29, 1.82) is 0 Å². The van der Waals surface area contributed by atoms with Crippen molar-refractivity contribution >= 4 is 5.91 Å². The molecule has 0 spiro atoms. The maximum Gasteiger partial charge on any atom is 0.252 e.